The van der Waals surface area contributed by atoms with Gasteiger partial charge in [-0.05, 0) is 30.7 Å². The Hall–Kier alpha value is -0.420. The zero-order chi connectivity index (χ0) is 14.5. The van der Waals surface area contributed by atoms with Gasteiger partial charge >= 0.3 is 0 Å². The highest BCUT2D eigenvalue weighted by molar-refractivity contribution is 9.10. The highest BCUT2D eigenvalue weighted by atomic mass is 79.9. The van der Waals surface area contributed by atoms with Crippen molar-refractivity contribution in [1.82, 2.24) is 4.98 Å². The van der Waals surface area contributed by atoms with Crippen LogP contribution >= 0.6 is 50.9 Å². The lowest BCUT2D eigenvalue weighted by Crippen LogP contribution is -2.03. The van der Waals surface area contributed by atoms with Crippen LogP contribution in [0.5, 0.6) is 0 Å². The van der Waals surface area contributed by atoms with Crippen LogP contribution in [-0.2, 0) is 0 Å². The second-order valence-electron chi connectivity index (χ2n) is 4.09. The van der Waals surface area contributed by atoms with Crippen LogP contribution in [0, 0.1) is 0 Å². The standard InChI is InChI=1S/C14H13BrCl2N2S/c1-2-6-18-13-11(16)8-12(17)14(19-13)20-10-5-3-4-9(15)7-10/h3-5,7-8H,2,6H2,1H3,(H,18,19). The lowest BCUT2D eigenvalue weighted by atomic mass is 10.4. The zero-order valence-electron chi connectivity index (χ0n) is 10.8. The fourth-order valence-electron chi connectivity index (χ4n) is 1.53. The fraction of sp³-hybridized carbons (Fsp3) is 0.214. The van der Waals surface area contributed by atoms with Crippen molar-refractivity contribution < 1.29 is 0 Å². The van der Waals surface area contributed by atoms with Crippen molar-refractivity contribution >= 4 is 56.7 Å². The Balaban J connectivity index is 2.26. The second-order valence-corrected chi connectivity index (χ2v) is 6.88. The van der Waals surface area contributed by atoms with Crippen LogP contribution in [0.2, 0.25) is 10.0 Å². The van der Waals surface area contributed by atoms with Gasteiger partial charge in [-0.2, -0.15) is 0 Å². The first-order chi connectivity index (χ1) is 9.60. The molecule has 0 amide bonds. The van der Waals surface area contributed by atoms with E-state index in [0.29, 0.717) is 15.9 Å². The van der Waals surface area contributed by atoms with Crippen LogP contribution in [0.4, 0.5) is 5.82 Å². The average Bonchev–Trinajstić information content (AvgIpc) is 2.40. The summed E-state index contributed by atoms with van der Waals surface area (Å²) in [6.07, 6.45) is 1.01. The molecule has 1 aromatic carbocycles. The zero-order valence-corrected chi connectivity index (χ0v) is 14.7. The summed E-state index contributed by atoms with van der Waals surface area (Å²) < 4.78 is 1.02. The normalized spacial score (nSPS) is 10.6. The molecular formula is C14H13BrCl2N2S. The molecule has 0 atom stereocenters. The van der Waals surface area contributed by atoms with Gasteiger partial charge in [0.25, 0.3) is 0 Å². The van der Waals surface area contributed by atoms with Gasteiger partial charge in [0.15, 0.2) is 0 Å². The van der Waals surface area contributed by atoms with E-state index < -0.39 is 0 Å². The van der Waals surface area contributed by atoms with Gasteiger partial charge in [-0.3, -0.25) is 0 Å². The minimum atomic E-state index is 0.544. The van der Waals surface area contributed by atoms with Crippen LogP contribution in [0.15, 0.2) is 44.7 Å². The molecule has 0 aliphatic heterocycles. The molecule has 20 heavy (non-hydrogen) atoms. The Morgan fingerprint density at radius 3 is 2.75 bits per heavy atom. The fourth-order valence-corrected chi connectivity index (χ4v) is 3.47. The van der Waals surface area contributed by atoms with E-state index in [4.69, 9.17) is 23.2 Å². The third kappa shape index (κ3) is 4.29. The number of halogens is 3. The molecule has 0 radical (unpaired) electrons. The van der Waals surface area contributed by atoms with Gasteiger partial charge in [-0.25, -0.2) is 4.98 Å². The molecule has 0 spiro atoms. The predicted octanol–water partition coefficient (Wildman–Crippen LogP) is 6.12. The number of aromatic nitrogens is 1. The lowest BCUT2D eigenvalue weighted by molar-refractivity contribution is 0.960. The van der Waals surface area contributed by atoms with Crippen molar-refractivity contribution in [2.45, 2.75) is 23.3 Å². The van der Waals surface area contributed by atoms with E-state index >= 15 is 0 Å². The highest BCUT2D eigenvalue weighted by Crippen LogP contribution is 2.36. The maximum absolute atomic E-state index is 6.22. The molecule has 106 valence electrons. The Labute approximate surface area is 141 Å². The SMILES string of the molecule is CCCNc1nc(Sc2cccc(Br)c2)c(Cl)cc1Cl. The summed E-state index contributed by atoms with van der Waals surface area (Å²) in [4.78, 5) is 5.57. The number of hydrogen-bond donors (Lipinski definition) is 1. The van der Waals surface area contributed by atoms with Crippen molar-refractivity contribution in [2.75, 3.05) is 11.9 Å². The molecule has 1 heterocycles. The summed E-state index contributed by atoms with van der Waals surface area (Å²) in [6, 6.07) is 9.73. The average molecular weight is 392 g/mol. The molecule has 1 N–H and O–H groups in total. The molecule has 2 aromatic rings. The summed E-state index contributed by atoms with van der Waals surface area (Å²) in [7, 11) is 0. The number of pyridine rings is 1. The topological polar surface area (TPSA) is 24.9 Å². The third-order valence-electron chi connectivity index (χ3n) is 2.45. The maximum atomic E-state index is 6.22. The van der Waals surface area contributed by atoms with E-state index in [9.17, 15) is 0 Å². The minimum Gasteiger partial charge on any atom is -0.369 e. The first-order valence-corrected chi connectivity index (χ1v) is 8.50. The van der Waals surface area contributed by atoms with Crippen molar-refractivity contribution in [1.29, 1.82) is 0 Å². The van der Waals surface area contributed by atoms with Crippen molar-refractivity contribution in [3.8, 4) is 0 Å². The Morgan fingerprint density at radius 2 is 2.05 bits per heavy atom. The molecule has 6 heteroatoms. The van der Waals surface area contributed by atoms with E-state index in [1.165, 1.54) is 11.8 Å². The van der Waals surface area contributed by atoms with E-state index in [0.717, 1.165) is 27.4 Å². The van der Waals surface area contributed by atoms with Gasteiger partial charge in [-0.15, -0.1) is 0 Å². The first kappa shape index (κ1) is 16.0. The molecule has 0 saturated heterocycles. The van der Waals surface area contributed by atoms with Gasteiger partial charge in [0.05, 0.1) is 10.0 Å². The van der Waals surface area contributed by atoms with Gasteiger partial charge in [-0.1, -0.05) is 63.9 Å². The van der Waals surface area contributed by atoms with Crippen LogP contribution in [0.25, 0.3) is 0 Å². The smallest absolute Gasteiger partial charge is 0.146 e. The van der Waals surface area contributed by atoms with E-state index in [1.807, 2.05) is 24.3 Å². The monoisotopic (exact) mass is 390 g/mol. The van der Waals surface area contributed by atoms with Gasteiger partial charge in [0, 0.05) is 15.9 Å². The minimum absolute atomic E-state index is 0.544. The molecular weight excluding hydrogens is 379 g/mol. The number of rotatable bonds is 5. The number of nitrogens with one attached hydrogen (secondary N) is 1. The Kier molecular flexibility index (Phi) is 6.02. The van der Waals surface area contributed by atoms with Crippen LogP contribution < -0.4 is 5.32 Å². The molecule has 2 rings (SSSR count). The van der Waals surface area contributed by atoms with Crippen LogP contribution in [0.1, 0.15) is 13.3 Å². The van der Waals surface area contributed by atoms with Crippen molar-refractivity contribution in [3.63, 3.8) is 0 Å². The van der Waals surface area contributed by atoms with Crippen molar-refractivity contribution in [3.05, 3.63) is 44.8 Å². The molecule has 0 bridgehead atoms. The summed E-state index contributed by atoms with van der Waals surface area (Å²) >= 11 is 17.3. The maximum Gasteiger partial charge on any atom is 0.146 e. The number of benzene rings is 1. The van der Waals surface area contributed by atoms with E-state index in [-0.39, 0.29) is 0 Å². The van der Waals surface area contributed by atoms with Crippen LogP contribution in [0.3, 0.4) is 0 Å². The molecule has 0 aliphatic rings. The lowest BCUT2D eigenvalue weighted by Gasteiger charge is -2.10. The summed E-state index contributed by atoms with van der Waals surface area (Å²) in [6.45, 7) is 2.92. The number of anilines is 1. The summed E-state index contributed by atoms with van der Waals surface area (Å²) in [5.41, 5.74) is 0. The molecule has 0 aliphatic carbocycles. The Bertz CT molecular complexity index is 608. The van der Waals surface area contributed by atoms with Gasteiger partial charge in [0.2, 0.25) is 0 Å². The summed E-state index contributed by atoms with van der Waals surface area (Å²) in [5.74, 6) is 0.676. The number of nitrogens with zero attached hydrogens (tertiary/aromatic N) is 1. The third-order valence-corrected chi connectivity index (χ3v) is 4.63. The van der Waals surface area contributed by atoms with Gasteiger partial charge < -0.3 is 5.32 Å². The highest BCUT2D eigenvalue weighted by Gasteiger charge is 2.10. The number of hydrogen-bond acceptors (Lipinski definition) is 3. The Morgan fingerprint density at radius 1 is 1.25 bits per heavy atom. The second kappa shape index (κ2) is 7.55. The van der Waals surface area contributed by atoms with E-state index in [1.54, 1.807) is 6.07 Å². The molecule has 0 unspecified atom stereocenters. The first-order valence-electron chi connectivity index (χ1n) is 6.13. The van der Waals surface area contributed by atoms with Crippen molar-refractivity contribution in [2.24, 2.45) is 0 Å². The quantitative estimate of drug-likeness (QED) is 0.663. The van der Waals surface area contributed by atoms with Crippen LogP contribution in [-0.4, -0.2) is 11.5 Å². The predicted molar refractivity (Wildman–Crippen MR) is 91.3 cm³/mol. The molecule has 0 fully saturated rings. The van der Waals surface area contributed by atoms with Gasteiger partial charge in [0.1, 0.15) is 10.8 Å². The molecule has 2 nitrogen and oxygen atoms in total. The molecule has 0 saturated carbocycles. The largest absolute Gasteiger partial charge is 0.369 e. The molecule has 1 aromatic heterocycles. The summed E-state index contributed by atoms with van der Waals surface area (Å²) in [5, 5.41) is 5.05. The van der Waals surface area contributed by atoms with E-state index in [2.05, 4.69) is 33.2 Å².